The van der Waals surface area contributed by atoms with Crippen molar-refractivity contribution in [3.05, 3.63) is 29.8 Å². The second kappa shape index (κ2) is 10.2. The van der Waals surface area contributed by atoms with Gasteiger partial charge in [0.15, 0.2) is 0 Å². The molecule has 0 radical (unpaired) electrons. The lowest BCUT2D eigenvalue weighted by Gasteiger charge is -2.08. The van der Waals surface area contributed by atoms with Gasteiger partial charge in [-0.05, 0) is 50.3 Å². The number of ketones is 1. The Hall–Kier alpha value is -1.55. The van der Waals surface area contributed by atoms with Crippen LogP contribution in [-0.4, -0.2) is 24.2 Å². The van der Waals surface area contributed by atoms with E-state index in [-0.39, 0.29) is 11.8 Å². The van der Waals surface area contributed by atoms with E-state index in [9.17, 15) is 9.59 Å². The summed E-state index contributed by atoms with van der Waals surface area (Å²) in [6.45, 7) is 2.19. The second-order valence-corrected chi connectivity index (χ2v) is 5.41. The molecule has 2 N–H and O–H groups in total. The number of benzene rings is 1. The average molecular weight is 311 g/mol. The molecule has 116 valence electrons. The molecule has 1 aromatic rings. The molecule has 21 heavy (non-hydrogen) atoms. The van der Waals surface area contributed by atoms with Crippen LogP contribution >= 0.6 is 11.6 Å². The van der Waals surface area contributed by atoms with E-state index in [1.807, 2.05) is 24.3 Å². The van der Waals surface area contributed by atoms with Gasteiger partial charge in [0.1, 0.15) is 5.78 Å². The van der Waals surface area contributed by atoms with Crippen LogP contribution in [0.5, 0.6) is 0 Å². The summed E-state index contributed by atoms with van der Waals surface area (Å²) in [6.07, 6.45) is 4.19. The first-order valence-corrected chi connectivity index (χ1v) is 7.84. The van der Waals surface area contributed by atoms with Crippen molar-refractivity contribution < 1.29 is 9.59 Å². The Morgan fingerprint density at radius 2 is 2.00 bits per heavy atom. The zero-order valence-electron chi connectivity index (χ0n) is 12.5. The summed E-state index contributed by atoms with van der Waals surface area (Å²) in [5.74, 6) is 0.773. The van der Waals surface area contributed by atoms with E-state index >= 15 is 0 Å². The first-order chi connectivity index (χ1) is 10.1. The van der Waals surface area contributed by atoms with Crippen LogP contribution in [0.15, 0.2) is 24.3 Å². The van der Waals surface area contributed by atoms with Gasteiger partial charge in [-0.15, -0.1) is 11.6 Å². The third-order valence-electron chi connectivity index (χ3n) is 3.03. The van der Waals surface area contributed by atoms with E-state index < -0.39 is 0 Å². The van der Waals surface area contributed by atoms with Crippen LogP contribution in [0.1, 0.15) is 38.2 Å². The van der Waals surface area contributed by atoms with Crippen LogP contribution in [0.4, 0.5) is 10.5 Å². The van der Waals surface area contributed by atoms with Crippen molar-refractivity contribution in [2.75, 3.05) is 17.7 Å². The molecule has 0 fully saturated rings. The fraction of sp³-hybridized carbons (Fsp3) is 0.500. The molecule has 2 amide bonds. The maximum absolute atomic E-state index is 11.6. The number of carbonyl (C=O) groups excluding carboxylic acids is 2. The van der Waals surface area contributed by atoms with Crippen molar-refractivity contribution in [1.29, 1.82) is 0 Å². The highest BCUT2D eigenvalue weighted by atomic mass is 35.5. The highest BCUT2D eigenvalue weighted by molar-refractivity contribution is 6.17. The van der Waals surface area contributed by atoms with Crippen molar-refractivity contribution >= 4 is 29.1 Å². The number of Topliss-reactive ketones (excluding diaryl/α,β-unsaturated/α-hetero) is 1. The molecule has 1 rings (SSSR count). The van der Waals surface area contributed by atoms with Gasteiger partial charge in [-0.3, -0.25) is 0 Å². The number of unbranched alkanes of at least 4 members (excludes halogenated alkanes) is 1. The van der Waals surface area contributed by atoms with E-state index in [1.54, 1.807) is 6.92 Å². The Kier molecular flexibility index (Phi) is 8.51. The third kappa shape index (κ3) is 8.35. The Morgan fingerprint density at radius 1 is 1.19 bits per heavy atom. The van der Waals surface area contributed by atoms with Gasteiger partial charge in [-0.1, -0.05) is 12.1 Å². The quantitative estimate of drug-likeness (QED) is 0.539. The van der Waals surface area contributed by atoms with Gasteiger partial charge < -0.3 is 15.4 Å². The Morgan fingerprint density at radius 3 is 2.71 bits per heavy atom. The topological polar surface area (TPSA) is 58.2 Å². The number of carbonyl (C=O) groups is 2. The number of alkyl halides is 1. The van der Waals surface area contributed by atoms with Crippen LogP contribution in [0.2, 0.25) is 0 Å². The summed E-state index contributed by atoms with van der Waals surface area (Å²) in [6, 6.07) is 7.57. The zero-order chi connectivity index (χ0) is 15.5. The molecule has 0 heterocycles. The summed E-state index contributed by atoms with van der Waals surface area (Å²) in [7, 11) is 0. The fourth-order valence-corrected chi connectivity index (χ4v) is 2.09. The van der Waals surface area contributed by atoms with E-state index in [0.29, 0.717) is 18.8 Å². The average Bonchev–Trinajstić information content (AvgIpc) is 2.44. The monoisotopic (exact) mass is 310 g/mol. The highest BCUT2D eigenvalue weighted by Crippen LogP contribution is 2.13. The van der Waals surface area contributed by atoms with E-state index in [2.05, 4.69) is 10.6 Å². The van der Waals surface area contributed by atoms with Crippen molar-refractivity contribution in [1.82, 2.24) is 5.32 Å². The lowest BCUT2D eigenvalue weighted by molar-refractivity contribution is -0.117. The number of urea groups is 1. The summed E-state index contributed by atoms with van der Waals surface area (Å²) in [5.41, 5.74) is 1.94. The Balaban J connectivity index is 2.37. The number of hydrogen-bond acceptors (Lipinski definition) is 2. The summed E-state index contributed by atoms with van der Waals surface area (Å²) in [5, 5.41) is 5.55. The molecule has 1 aromatic carbocycles. The minimum absolute atomic E-state index is 0.214. The maximum atomic E-state index is 11.6. The highest BCUT2D eigenvalue weighted by Gasteiger charge is 2.02. The minimum atomic E-state index is -0.214. The van der Waals surface area contributed by atoms with Gasteiger partial charge in [-0.2, -0.15) is 0 Å². The summed E-state index contributed by atoms with van der Waals surface area (Å²) in [4.78, 5) is 22.5. The van der Waals surface area contributed by atoms with Gasteiger partial charge in [0.25, 0.3) is 0 Å². The van der Waals surface area contributed by atoms with Crippen LogP contribution < -0.4 is 10.6 Å². The predicted octanol–water partition coefficient (Wildman–Crippen LogP) is 3.74. The number of anilines is 1. The first-order valence-electron chi connectivity index (χ1n) is 7.31. The second-order valence-electron chi connectivity index (χ2n) is 5.03. The molecule has 5 heteroatoms. The van der Waals surface area contributed by atoms with Crippen molar-refractivity contribution in [2.24, 2.45) is 0 Å². The maximum Gasteiger partial charge on any atom is 0.319 e. The van der Waals surface area contributed by atoms with Gasteiger partial charge in [0, 0.05) is 24.5 Å². The molecule has 0 aliphatic carbocycles. The smallest absolute Gasteiger partial charge is 0.319 e. The lowest BCUT2D eigenvalue weighted by Crippen LogP contribution is -2.29. The van der Waals surface area contributed by atoms with Crippen molar-refractivity contribution in [3.8, 4) is 0 Å². The molecule has 0 spiro atoms. The Labute approximate surface area is 131 Å². The van der Waals surface area contributed by atoms with Crippen molar-refractivity contribution in [3.63, 3.8) is 0 Å². The normalized spacial score (nSPS) is 10.2. The molecule has 0 aromatic heterocycles. The van der Waals surface area contributed by atoms with Crippen molar-refractivity contribution in [2.45, 2.75) is 39.0 Å². The number of hydrogen-bond donors (Lipinski definition) is 2. The lowest BCUT2D eigenvalue weighted by atomic mass is 10.1. The third-order valence-corrected chi connectivity index (χ3v) is 3.29. The van der Waals surface area contributed by atoms with E-state index in [4.69, 9.17) is 11.6 Å². The molecule has 4 nitrogen and oxygen atoms in total. The van der Waals surface area contributed by atoms with Crippen LogP contribution in [0, 0.1) is 0 Å². The number of rotatable bonds is 9. The molecule has 0 aliphatic heterocycles. The molecule has 0 bridgehead atoms. The molecule has 0 saturated carbocycles. The summed E-state index contributed by atoms with van der Waals surface area (Å²) < 4.78 is 0. The van der Waals surface area contributed by atoms with Crippen LogP contribution in [0.3, 0.4) is 0 Å². The first kappa shape index (κ1) is 17.5. The molecular formula is C16H23ClN2O2. The Bertz CT molecular complexity index is 463. The largest absolute Gasteiger partial charge is 0.338 e. The van der Waals surface area contributed by atoms with E-state index in [0.717, 1.165) is 36.9 Å². The van der Waals surface area contributed by atoms with Gasteiger partial charge in [0.2, 0.25) is 0 Å². The zero-order valence-corrected chi connectivity index (χ0v) is 13.2. The molecule has 0 atom stereocenters. The minimum Gasteiger partial charge on any atom is -0.338 e. The van der Waals surface area contributed by atoms with Gasteiger partial charge in [-0.25, -0.2) is 4.79 Å². The van der Waals surface area contributed by atoms with Gasteiger partial charge >= 0.3 is 6.03 Å². The molecule has 0 unspecified atom stereocenters. The number of nitrogens with one attached hydrogen (secondary N) is 2. The molecule has 0 saturated heterocycles. The fourth-order valence-electron chi connectivity index (χ4n) is 1.95. The summed E-state index contributed by atoms with van der Waals surface area (Å²) >= 11 is 5.55. The SMILES string of the molecule is CC(=O)CCCCc1cccc(NC(=O)NCCCCl)c1. The van der Waals surface area contributed by atoms with E-state index in [1.165, 1.54) is 0 Å². The molecule has 0 aliphatic rings. The number of amides is 2. The number of aryl methyl sites for hydroxylation is 1. The van der Waals surface area contributed by atoms with Gasteiger partial charge in [0.05, 0.1) is 0 Å². The standard InChI is InChI=1S/C16H23ClN2O2/c1-13(20)6-2-3-7-14-8-4-9-15(12-14)19-16(21)18-11-5-10-17/h4,8-9,12H,2-3,5-7,10-11H2,1H3,(H2,18,19,21). The van der Waals surface area contributed by atoms with Crippen LogP contribution in [-0.2, 0) is 11.2 Å². The molecular weight excluding hydrogens is 288 g/mol. The predicted molar refractivity (Wildman–Crippen MR) is 87.0 cm³/mol. The van der Waals surface area contributed by atoms with Crippen LogP contribution in [0.25, 0.3) is 0 Å². The number of halogens is 1.